The zero-order chi connectivity index (χ0) is 11.4. The van der Waals surface area contributed by atoms with Crippen LogP contribution in [-0.2, 0) is 16.0 Å². The molecule has 0 aliphatic heterocycles. The molecule has 0 amide bonds. The SMILES string of the molecule is COC(=O)CCc1c([13CH]=O)[nH]c(I)c1C. The number of hydrogen-bond acceptors (Lipinski definition) is 3. The molecule has 0 aliphatic rings. The van der Waals surface area contributed by atoms with E-state index in [-0.39, 0.29) is 5.97 Å². The number of ether oxygens (including phenoxy) is 1. The number of aromatic amines is 1. The molecule has 1 rings (SSSR count). The Labute approximate surface area is 102 Å². The predicted octanol–water partition coefficient (Wildman–Crippen LogP) is 1.85. The minimum Gasteiger partial charge on any atom is -0.469 e. The Morgan fingerprint density at radius 3 is 2.80 bits per heavy atom. The van der Waals surface area contributed by atoms with Gasteiger partial charge in [0, 0.05) is 6.42 Å². The molecule has 0 atom stereocenters. The fourth-order valence-corrected chi connectivity index (χ4v) is 1.99. The molecule has 82 valence electrons. The van der Waals surface area contributed by atoms with Gasteiger partial charge in [0.15, 0.2) is 6.29 Å². The predicted molar refractivity (Wildman–Crippen MR) is 64.0 cm³/mol. The van der Waals surface area contributed by atoms with Gasteiger partial charge in [0.2, 0.25) is 0 Å². The Balaban J connectivity index is 2.83. The summed E-state index contributed by atoms with van der Waals surface area (Å²) in [4.78, 5) is 24.7. The molecule has 1 heterocycles. The van der Waals surface area contributed by atoms with Crippen molar-refractivity contribution in [2.75, 3.05) is 7.11 Å². The Bertz CT molecular complexity index is 384. The van der Waals surface area contributed by atoms with Crippen LogP contribution in [0.3, 0.4) is 0 Å². The van der Waals surface area contributed by atoms with Crippen molar-refractivity contribution < 1.29 is 14.3 Å². The summed E-state index contributed by atoms with van der Waals surface area (Å²) in [6, 6.07) is 0. The Hall–Kier alpha value is -0.850. The third-order valence-electron chi connectivity index (χ3n) is 2.28. The summed E-state index contributed by atoms with van der Waals surface area (Å²) >= 11 is 2.13. The highest BCUT2D eigenvalue weighted by molar-refractivity contribution is 14.1. The number of hydrogen-bond donors (Lipinski definition) is 1. The van der Waals surface area contributed by atoms with Crippen LogP contribution in [0.4, 0.5) is 0 Å². The van der Waals surface area contributed by atoms with Crippen molar-refractivity contribution in [3.63, 3.8) is 0 Å². The van der Waals surface area contributed by atoms with Crippen LogP contribution in [0.1, 0.15) is 28.0 Å². The van der Waals surface area contributed by atoms with Gasteiger partial charge in [-0.05, 0) is 47.1 Å². The molecule has 0 aromatic carbocycles. The average Bonchev–Trinajstić information content (AvgIpc) is 2.52. The normalized spacial score (nSPS) is 10.1. The smallest absolute Gasteiger partial charge is 0.305 e. The van der Waals surface area contributed by atoms with Crippen LogP contribution in [0.25, 0.3) is 0 Å². The average molecular weight is 322 g/mol. The highest BCUT2D eigenvalue weighted by Crippen LogP contribution is 2.20. The van der Waals surface area contributed by atoms with Gasteiger partial charge in [-0.2, -0.15) is 0 Å². The van der Waals surface area contributed by atoms with Gasteiger partial charge in [0.25, 0.3) is 0 Å². The molecule has 4 nitrogen and oxygen atoms in total. The molecule has 5 heteroatoms. The number of halogens is 1. The first-order valence-electron chi connectivity index (χ1n) is 4.49. The molecule has 0 radical (unpaired) electrons. The third-order valence-corrected chi connectivity index (χ3v) is 3.35. The van der Waals surface area contributed by atoms with Gasteiger partial charge in [-0.15, -0.1) is 0 Å². The largest absolute Gasteiger partial charge is 0.469 e. The van der Waals surface area contributed by atoms with Gasteiger partial charge in [-0.3, -0.25) is 9.59 Å². The molecule has 0 unspecified atom stereocenters. The maximum Gasteiger partial charge on any atom is 0.305 e. The number of methoxy groups -OCH3 is 1. The summed E-state index contributed by atoms with van der Waals surface area (Å²) in [7, 11) is 1.36. The zero-order valence-corrected chi connectivity index (χ0v) is 10.8. The van der Waals surface area contributed by atoms with Gasteiger partial charge < -0.3 is 9.72 Å². The lowest BCUT2D eigenvalue weighted by atomic mass is 10.1. The lowest BCUT2D eigenvalue weighted by molar-refractivity contribution is -0.140. The van der Waals surface area contributed by atoms with Crippen molar-refractivity contribution in [2.45, 2.75) is 19.8 Å². The Morgan fingerprint density at radius 1 is 1.60 bits per heavy atom. The first-order valence-corrected chi connectivity index (χ1v) is 5.57. The van der Waals surface area contributed by atoms with Crippen molar-refractivity contribution in [1.29, 1.82) is 0 Å². The number of rotatable bonds is 4. The molecule has 0 fully saturated rings. The topological polar surface area (TPSA) is 59.2 Å². The first-order chi connectivity index (χ1) is 7.10. The van der Waals surface area contributed by atoms with E-state index in [1.807, 2.05) is 6.92 Å². The van der Waals surface area contributed by atoms with E-state index < -0.39 is 0 Å². The van der Waals surface area contributed by atoms with Crippen molar-refractivity contribution in [3.8, 4) is 0 Å². The molecular weight excluding hydrogens is 310 g/mol. The van der Waals surface area contributed by atoms with Gasteiger partial charge >= 0.3 is 5.97 Å². The second kappa shape index (κ2) is 5.29. The van der Waals surface area contributed by atoms with Crippen LogP contribution in [0.15, 0.2) is 0 Å². The van der Waals surface area contributed by atoms with E-state index in [4.69, 9.17) is 0 Å². The lowest BCUT2D eigenvalue weighted by Crippen LogP contribution is -2.03. The molecule has 1 N–H and O–H groups in total. The van der Waals surface area contributed by atoms with E-state index in [0.29, 0.717) is 18.5 Å². The fraction of sp³-hybridized carbons (Fsp3) is 0.400. The van der Waals surface area contributed by atoms with Crippen molar-refractivity contribution in [2.24, 2.45) is 0 Å². The number of nitrogens with one attached hydrogen (secondary N) is 1. The van der Waals surface area contributed by atoms with Crippen LogP contribution in [-0.4, -0.2) is 24.3 Å². The Kier molecular flexibility index (Phi) is 4.31. The van der Waals surface area contributed by atoms with Gasteiger partial charge in [0.1, 0.15) is 0 Å². The van der Waals surface area contributed by atoms with E-state index in [1.54, 1.807) is 0 Å². The number of carbonyl (C=O) groups is 2. The third kappa shape index (κ3) is 2.80. The van der Waals surface area contributed by atoms with E-state index in [0.717, 1.165) is 21.1 Å². The standard InChI is InChI=1S/C10H12INO3/c1-6-7(3-4-9(14)15-2)8(5-13)12-10(6)11/h5,12H,3-4H2,1-2H3/i5+1. The number of aldehydes is 1. The van der Waals surface area contributed by atoms with Gasteiger partial charge in [-0.1, -0.05) is 0 Å². The lowest BCUT2D eigenvalue weighted by Gasteiger charge is -2.00. The monoisotopic (exact) mass is 322 g/mol. The number of esters is 1. The van der Waals surface area contributed by atoms with Gasteiger partial charge in [0.05, 0.1) is 16.5 Å². The molecular formula is C10H12INO3. The van der Waals surface area contributed by atoms with Crippen LogP contribution >= 0.6 is 22.6 Å². The van der Waals surface area contributed by atoms with Crippen LogP contribution < -0.4 is 0 Å². The Morgan fingerprint density at radius 2 is 2.27 bits per heavy atom. The number of H-pyrrole nitrogens is 1. The van der Waals surface area contributed by atoms with E-state index in [9.17, 15) is 9.59 Å². The maximum atomic E-state index is 11.0. The number of aromatic nitrogens is 1. The zero-order valence-electron chi connectivity index (χ0n) is 8.59. The summed E-state index contributed by atoms with van der Waals surface area (Å²) in [5, 5.41) is 0. The van der Waals surface area contributed by atoms with Crippen molar-refractivity contribution in [1.82, 2.24) is 4.98 Å². The minimum atomic E-state index is -0.262. The molecule has 0 spiro atoms. The van der Waals surface area contributed by atoms with Crippen LogP contribution in [0, 0.1) is 10.6 Å². The summed E-state index contributed by atoms with van der Waals surface area (Å²) in [6.07, 6.45) is 1.61. The highest BCUT2D eigenvalue weighted by atomic mass is 127. The van der Waals surface area contributed by atoms with Crippen molar-refractivity contribution in [3.05, 3.63) is 20.5 Å². The fourth-order valence-electron chi connectivity index (χ4n) is 1.37. The second-order valence-corrected chi connectivity index (χ2v) is 4.23. The quantitative estimate of drug-likeness (QED) is 0.398. The maximum absolute atomic E-state index is 11.0. The van der Waals surface area contributed by atoms with Crippen LogP contribution in [0.5, 0.6) is 0 Å². The molecule has 1 aromatic rings. The van der Waals surface area contributed by atoms with E-state index in [1.165, 1.54) is 7.11 Å². The first kappa shape index (κ1) is 12.2. The molecule has 0 saturated heterocycles. The second-order valence-electron chi connectivity index (χ2n) is 3.15. The molecule has 1 aromatic heterocycles. The summed E-state index contributed by atoms with van der Waals surface area (Å²) in [5.41, 5.74) is 2.49. The summed E-state index contributed by atoms with van der Waals surface area (Å²) in [6.45, 7) is 1.93. The molecule has 0 aliphatic carbocycles. The van der Waals surface area contributed by atoms with Gasteiger partial charge in [-0.25, -0.2) is 0 Å². The van der Waals surface area contributed by atoms with Crippen LogP contribution in [0.2, 0.25) is 0 Å². The van der Waals surface area contributed by atoms with Crippen molar-refractivity contribution >= 4 is 34.8 Å². The summed E-state index contributed by atoms with van der Waals surface area (Å²) < 4.78 is 5.49. The van der Waals surface area contributed by atoms with E-state index >= 15 is 0 Å². The molecule has 15 heavy (non-hydrogen) atoms. The van der Waals surface area contributed by atoms with E-state index in [2.05, 4.69) is 32.3 Å². The minimum absolute atomic E-state index is 0.262. The highest BCUT2D eigenvalue weighted by Gasteiger charge is 2.13. The summed E-state index contributed by atoms with van der Waals surface area (Å²) in [5.74, 6) is -0.262. The molecule has 0 saturated carbocycles. The molecule has 0 bridgehead atoms. The number of carbonyl (C=O) groups excluding carboxylic acids is 2.